The second-order valence-corrected chi connectivity index (χ2v) is 2.98. The Morgan fingerprint density at radius 1 is 1.75 bits per heavy atom. The molecule has 72 valence electrons. The Hall–Kier alpha value is -0.350. The summed E-state index contributed by atoms with van der Waals surface area (Å²) in [6.07, 6.45) is 1.91. The zero-order chi connectivity index (χ0) is 9.98. The van der Waals surface area contributed by atoms with Crippen LogP contribution in [0.15, 0.2) is 12.7 Å². The number of carbonyl (C=O) groups is 1. The number of halogens is 1. The van der Waals surface area contributed by atoms with E-state index >= 15 is 0 Å². The molecule has 1 atom stereocenters. The molecule has 0 amide bonds. The Labute approximate surface area is 82.3 Å². The van der Waals surface area contributed by atoms with E-state index in [9.17, 15) is 4.79 Å². The van der Waals surface area contributed by atoms with Gasteiger partial charge in [-0.1, -0.05) is 13.5 Å². The summed E-state index contributed by atoms with van der Waals surface area (Å²) in [7, 11) is 3.75. The third-order valence-corrected chi connectivity index (χ3v) is 1.57. The molecule has 0 aromatic carbocycles. The first kappa shape index (κ1) is 14.2. The van der Waals surface area contributed by atoms with Crippen LogP contribution in [0, 0.1) is 0 Å². The van der Waals surface area contributed by atoms with Gasteiger partial charge in [-0.25, -0.2) is 4.79 Å². The Morgan fingerprint density at radius 2 is 2.17 bits per heavy atom. The van der Waals surface area contributed by atoms with Gasteiger partial charge in [0, 0.05) is 6.08 Å². The summed E-state index contributed by atoms with van der Waals surface area (Å²) in [5, 5.41) is 2.57. The second kappa shape index (κ2) is 10.7. The van der Waals surface area contributed by atoms with E-state index in [2.05, 4.69) is 27.8 Å². The van der Waals surface area contributed by atoms with E-state index in [0.29, 0.717) is 0 Å². The Kier molecular flexibility index (Phi) is 12.6. The van der Waals surface area contributed by atoms with Crippen LogP contribution in [-0.2, 0) is 9.53 Å². The van der Waals surface area contributed by atoms with Crippen LogP contribution in [-0.4, -0.2) is 25.1 Å². The maximum absolute atomic E-state index is 10.4. The molecule has 4 heteroatoms. The molecule has 0 bridgehead atoms. The van der Waals surface area contributed by atoms with Crippen LogP contribution in [0.4, 0.5) is 0 Å². The van der Waals surface area contributed by atoms with Crippen LogP contribution in [0.5, 0.6) is 0 Å². The average Bonchev–Trinajstić information content (AvgIpc) is 2.05. The van der Waals surface area contributed by atoms with Crippen molar-refractivity contribution in [2.75, 3.05) is 14.1 Å². The first-order valence-corrected chi connectivity index (χ1v) is 4.59. The SMILES string of the molecule is C=CC(=O)OC(Br)CC.CNC. The standard InChI is InChI=1S/C6H9BrO2.C2H7N/c1-3-5(7)9-6(8)4-2;1-3-2/h4-5H,2-3H2,1H3;3H,1-2H3. The van der Waals surface area contributed by atoms with Crippen LogP contribution in [0.25, 0.3) is 0 Å². The van der Waals surface area contributed by atoms with Crippen LogP contribution in [0.1, 0.15) is 13.3 Å². The molecular weight excluding hydrogens is 222 g/mol. The minimum atomic E-state index is -0.390. The lowest BCUT2D eigenvalue weighted by Crippen LogP contribution is -2.07. The maximum Gasteiger partial charge on any atom is 0.331 e. The van der Waals surface area contributed by atoms with Crippen LogP contribution in [0.2, 0.25) is 0 Å². The number of rotatable bonds is 3. The number of alkyl halides is 1. The summed E-state index contributed by atoms with van der Waals surface area (Å²) in [6, 6.07) is 0. The van der Waals surface area contributed by atoms with Crippen molar-refractivity contribution in [3.8, 4) is 0 Å². The van der Waals surface area contributed by atoms with E-state index in [0.717, 1.165) is 12.5 Å². The number of nitrogens with one attached hydrogen (secondary N) is 1. The normalized spacial score (nSPS) is 10.7. The number of carbonyl (C=O) groups excluding carboxylic acids is 1. The zero-order valence-corrected chi connectivity index (χ0v) is 9.35. The molecule has 0 aromatic heterocycles. The minimum Gasteiger partial charge on any atom is -0.448 e. The molecule has 12 heavy (non-hydrogen) atoms. The monoisotopic (exact) mass is 237 g/mol. The van der Waals surface area contributed by atoms with Crippen molar-refractivity contribution in [2.45, 2.75) is 18.4 Å². The molecular formula is C8H16BrNO2. The fourth-order valence-corrected chi connectivity index (χ4v) is 0.442. The van der Waals surface area contributed by atoms with E-state index < -0.39 is 5.97 Å². The molecule has 0 radical (unpaired) electrons. The summed E-state index contributed by atoms with van der Waals surface area (Å²) in [5.74, 6) is -0.390. The molecule has 0 aliphatic heterocycles. The van der Waals surface area contributed by atoms with Gasteiger partial charge < -0.3 is 10.1 Å². The van der Waals surface area contributed by atoms with Crippen molar-refractivity contribution in [1.29, 1.82) is 0 Å². The van der Waals surface area contributed by atoms with Gasteiger partial charge in [0.1, 0.15) is 0 Å². The van der Waals surface area contributed by atoms with Crippen molar-refractivity contribution >= 4 is 21.9 Å². The van der Waals surface area contributed by atoms with Crippen molar-refractivity contribution in [1.82, 2.24) is 5.32 Å². The largest absolute Gasteiger partial charge is 0.448 e. The molecule has 0 saturated carbocycles. The van der Waals surface area contributed by atoms with Gasteiger partial charge >= 0.3 is 5.97 Å². The molecule has 0 aromatic rings. The Bertz CT molecular complexity index is 128. The Morgan fingerprint density at radius 3 is 2.42 bits per heavy atom. The van der Waals surface area contributed by atoms with Crippen LogP contribution >= 0.6 is 15.9 Å². The number of hydrogen-bond donors (Lipinski definition) is 1. The molecule has 0 heterocycles. The molecule has 0 aliphatic carbocycles. The van der Waals surface area contributed by atoms with E-state index in [1.807, 2.05) is 21.0 Å². The third-order valence-electron chi connectivity index (χ3n) is 0.732. The first-order valence-electron chi connectivity index (χ1n) is 3.67. The summed E-state index contributed by atoms with van der Waals surface area (Å²) >= 11 is 3.13. The van der Waals surface area contributed by atoms with Gasteiger partial charge in [-0.2, -0.15) is 0 Å². The van der Waals surface area contributed by atoms with E-state index in [-0.39, 0.29) is 5.01 Å². The summed E-state index contributed by atoms with van der Waals surface area (Å²) in [4.78, 5) is 10.4. The van der Waals surface area contributed by atoms with Crippen LogP contribution in [0.3, 0.4) is 0 Å². The van der Waals surface area contributed by atoms with E-state index in [1.165, 1.54) is 0 Å². The van der Waals surface area contributed by atoms with Crippen molar-refractivity contribution in [2.24, 2.45) is 0 Å². The number of hydrogen-bond acceptors (Lipinski definition) is 3. The molecule has 0 fully saturated rings. The molecule has 0 saturated heterocycles. The summed E-state index contributed by atoms with van der Waals surface area (Å²) < 4.78 is 4.71. The highest BCUT2D eigenvalue weighted by atomic mass is 79.9. The van der Waals surface area contributed by atoms with Gasteiger partial charge in [-0.3, -0.25) is 0 Å². The quantitative estimate of drug-likeness (QED) is 0.462. The highest BCUT2D eigenvalue weighted by Gasteiger charge is 2.02. The van der Waals surface area contributed by atoms with Gasteiger partial charge in [0.25, 0.3) is 0 Å². The molecule has 0 rings (SSSR count). The third kappa shape index (κ3) is 12.3. The highest BCUT2D eigenvalue weighted by molar-refractivity contribution is 9.09. The van der Waals surface area contributed by atoms with Crippen molar-refractivity contribution < 1.29 is 9.53 Å². The summed E-state index contributed by atoms with van der Waals surface area (Å²) in [5.41, 5.74) is 0. The zero-order valence-electron chi connectivity index (χ0n) is 7.76. The number of ether oxygens (including phenoxy) is 1. The molecule has 3 nitrogen and oxygen atoms in total. The van der Waals surface area contributed by atoms with Crippen molar-refractivity contribution in [3.63, 3.8) is 0 Å². The molecule has 0 spiro atoms. The molecule has 0 aliphatic rings. The Balaban J connectivity index is 0. The molecule has 1 unspecified atom stereocenters. The highest BCUT2D eigenvalue weighted by Crippen LogP contribution is 2.05. The fraction of sp³-hybridized carbons (Fsp3) is 0.625. The lowest BCUT2D eigenvalue weighted by atomic mass is 10.5. The smallest absolute Gasteiger partial charge is 0.331 e. The van der Waals surface area contributed by atoms with Crippen molar-refractivity contribution in [3.05, 3.63) is 12.7 Å². The van der Waals surface area contributed by atoms with Gasteiger partial charge in [-0.15, -0.1) is 0 Å². The lowest BCUT2D eigenvalue weighted by molar-refractivity contribution is -0.138. The van der Waals surface area contributed by atoms with Crippen LogP contribution < -0.4 is 5.32 Å². The van der Waals surface area contributed by atoms with Gasteiger partial charge in [0.15, 0.2) is 5.01 Å². The minimum absolute atomic E-state index is 0.178. The van der Waals surface area contributed by atoms with E-state index in [1.54, 1.807) is 0 Å². The maximum atomic E-state index is 10.4. The van der Waals surface area contributed by atoms with E-state index in [4.69, 9.17) is 4.74 Å². The average molecular weight is 238 g/mol. The van der Waals surface area contributed by atoms with Gasteiger partial charge in [0.05, 0.1) is 0 Å². The number of esters is 1. The van der Waals surface area contributed by atoms with Gasteiger partial charge in [0.2, 0.25) is 0 Å². The van der Waals surface area contributed by atoms with Gasteiger partial charge in [-0.05, 0) is 36.4 Å². The topological polar surface area (TPSA) is 38.3 Å². The first-order chi connectivity index (χ1) is 5.62. The second-order valence-electron chi connectivity index (χ2n) is 1.96. The molecule has 1 N–H and O–H groups in total. The lowest BCUT2D eigenvalue weighted by Gasteiger charge is -2.05. The predicted molar refractivity (Wildman–Crippen MR) is 54.3 cm³/mol. The predicted octanol–water partition coefficient (Wildman–Crippen LogP) is 1.68. The fourth-order valence-electron chi connectivity index (χ4n) is 0.257. The summed E-state index contributed by atoms with van der Waals surface area (Å²) in [6.45, 7) is 5.17.